The summed E-state index contributed by atoms with van der Waals surface area (Å²) in [6, 6.07) is 3.56. The predicted molar refractivity (Wildman–Crippen MR) is 121 cm³/mol. The number of aromatic nitrogens is 8. The molecule has 0 amide bonds. The van der Waals surface area contributed by atoms with Crippen molar-refractivity contribution in [3.8, 4) is 23.1 Å². The SMILES string of the molecule is COc1ncc(-c2cc([C@@H]3CC3c3cnc4cnn(CC(F)(F)F)c4c3)c3ncc(F)n3n2)c(OC)n1. The number of alkyl halides is 3. The van der Waals surface area contributed by atoms with Crippen molar-refractivity contribution in [3.63, 3.8) is 0 Å². The van der Waals surface area contributed by atoms with Gasteiger partial charge in [-0.3, -0.25) is 9.67 Å². The van der Waals surface area contributed by atoms with Crippen molar-refractivity contribution in [1.82, 2.24) is 39.3 Å². The van der Waals surface area contributed by atoms with Crippen LogP contribution >= 0.6 is 0 Å². The van der Waals surface area contributed by atoms with Gasteiger partial charge in [0.05, 0.1) is 43.4 Å². The van der Waals surface area contributed by atoms with Gasteiger partial charge in [-0.1, -0.05) is 0 Å². The van der Waals surface area contributed by atoms with Gasteiger partial charge >= 0.3 is 12.2 Å². The number of ether oxygens (including phenoxy) is 2. The van der Waals surface area contributed by atoms with Crippen molar-refractivity contribution in [3.05, 3.63) is 54.0 Å². The Morgan fingerprint density at radius 1 is 1.00 bits per heavy atom. The molecule has 5 heterocycles. The van der Waals surface area contributed by atoms with E-state index in [1.54, 1.807) is 18.3 Å². The summed E-state index contributed by atoms with van der Waals surface area (Å²) in [6.45, 7) is -1.21. The van der Waals surface area contributed by atoms with Gasteiger partial charge in [-0.2, -0.15) is 37.3 Å². The number of hydrogen-bond acceptors (Lipinski definition) is 8. The Morgan fingerprint density at radius 2 is 1.84 bits per heavy atom. The van der Waals surface area contributed by atoms with E-state index in [0.29, 0.717) is 34.4 Å². The molecule has 1 saturated carbocycles. The van der Waals surface area contributed by atoms with Gasteiger partial charge in [-0.25, -0.2) is 9.97 Å². The van der Waals surface area contributed by atoms with E-state index >= 15 is 0 Å². The molecular formula is C23H18F4N8O2. The van der Waals surface area contributed by atoms with Gasteiger partial charge in [-0.05, 0) is 36.0 Å². The molecule has 0 spiro atoms. The zero-order chi connectivity index (χ0) is 25.9. The summed E-state index contributed by atoms with van der Waals surface area (Å²) in [6.07, 6.45) is 1.76. The van der Waals surface area contributed by atoms with Gasteiger partial charge in [0.2, 0.25) is 11.8 Å². The van der Waals surface area contributed by atoms with Crippen molar-refractivity contribution < 1.29 is 27.0 Å². The monoisotopic (exact) mass is 514 g/mol. The van der Waals surface area contributed by atoms with Gasteiger partial charge in [0, 0.05) is 18.0 Å². The van der Waals surface area contributed by atoms with Crippen molar-refractivity contribution in [2.45, 2.75) is 31.0 Å². The second kappa shape index (κ2) is 8.35. The topological polar surface area (TPSA) is 105 Å². The number of pyridine rings is 1. The van der Waals surface area contributed by atoms with Gasteiger partial charge in [0.1, 0.15) is 12.1 Å². The molecule has 5 aromatic heterocycles. The van der Waals surface area contributed by atoms with Crippen LogP contribution in [0.1, 0.15) is 29.4 Å². The van der Waals surface area contributed by atoms with Crippen LogP contribution in [-0.2, 0) is 6.54 Å². The van der Waals surface area contributed by atoms with E-state index in [1.807, 2.05) is 0 Å². The van der Waals surface area contributed by atoms with Crippen molar-refractivity contribution >= 4 is 16.7 Å². The lowest BCUT2D eigenvalue weighted by Gasteiger charge is -2.11. The van der Waals surface area contributed by atoms with Crippen LogP contribution in [0.3, 0.4) is 0 Å². The molecule has 5 aromatic rings. The fraction of sp³-hybridized carbons (Fsp3) is 0.304. The van der Waals surface area contributed by atoms with E-state index < -0.39 is 18.7 Å². The summed E-state index contributed by atoms with van der Waals surface area (Å²) in [5.74, 6) is -0.596. The molecule has 1 aliphatic carbocycles. The molecule has 14 heteroatoms. The highest BCUT2D eigenvalue weighted by molar-refractivity contribution is 5.75. The van der Waals surface area contributed by atoms with E-state index in [-0.39, 0.29) is 23.7 Å². The molecule has 37 heavy (non-hydrogen) atoms. The molecule has 6 rings (SSSR count). The fourth-order valence-electron chi connectivity index (χ4n) is 4.53. The zero-order valence-corrected chi connectivity index (χ0v) is 19.4. The molecule has 0 bridgehead atoms. The highest BCUT2D eigenvalue weighted by Crippen LogP contribution is 2.56. The fourth-order valence-corrected chi connectivity index (χ4v) is 4.53. The van der Waals surface area contributed by atoms with E-state index in [1.165, 1.54) is 26.6 Å². The first-order valence-corrected chi connectivity index (χ1v) is 11.1. The Hall–Kier alpha value is -4.36. The van der Waals surface area contributed by atoms with E-state index in [2.05, 4.69) is 30.1 Å². The normalized spacial score (nSPS) is 17.5. The molecule has 0 aliphatic heterocycles. The summed E-state index contributed by atoms with van der Waals surface area (Å²) in [7, 11) is 2.86. The Balaban J connectivity index is 1.40. The Kier molecular flexibility index (Phi) is 5.21. The predicted octanol–water partition coefficient (Wildman–Crippen LogP) is 3.92. The largest absolute Gasteiger partial charge is 0.480 e. The lowest BCUT2D eigenvalue weighted by atomic mass is 10.0. The lowest BCUT2D eigenvalue weighted by Crippen LogP contribution is -2.18. The first kappa shape index (κ1) is 23.1. The number of halogens is 4. The number of hydrogen-bond donors (Lipinski definition) is 0. The molecular weight excluding hydrogens is 496 g/mol. The maximum atomic E-state index is 14.6. The molecule has 1 aliphatic rings. The summed E-state index contributed by atoms with van der Waals surface area (Å²) >= 11 is 0. The molecule has 10 nitrogen and oxygen atoms in total. The van der Waals surface area contributed by atoms with Gasteiger partial charge in [-0.15, -0.1) is 0 Å². The maximum absolute atomic E-state index is 14.6. The molecule has 0 radical (unpaired) electrons. The molecule has 2 atom stereocenters. The van der Waals surface area contributed by atoms with Crippen LogP contribution in [0.5, 0.6) is 11.9 Å². The average Bonchev–Trinajstić information content (AvgIpc) is 3.47. The van der Waals surface area contributed by atoms with Crippen LogP contribution in [0.2, 0.25) is 0 Å². The van der Waals surface area contributed by atoms with Crippen molar-refractivity contribution in [1.29, 1.82) is 0 Å². The highest BCUT2D eigenvalue weighted by Gasteiger charge is 2.42. The minimum atomic E-state index is -4.41. The quantitative estimate of drug-likeness (QED) is 0.314. The Bertz CT molecular complexity index is 1650. The average molecular weight is 514 g/mol. The molecule has 0 aromatic carbocycles. The smallest absolute Gasteiger partial charge is 0.408 e. The summed E-state index contributed by atoms with van der Waals surface area (Å²) in [4.78, 5) is 16.8. The van der Waals surface area contributed by atoms with Crippen LogP contribution in [0, 0.1) is 5.95 Å². The lowest BCUT2D eigenvalue weighted by molar-refractivity contribution is -0.141. The van der Waals surface area contributed by atoms with Crippen LogP contribution in [0.25, 0.3) is 27.9 Å². The van der Waals surface area contributed by atoms with Gasteiger partial charge in [0.25, 0.3) is 0 Å². The Labute approximate surface area is 205 Å². The summed E-state index contributed by atoms with van der Waals surface area (Å²) < 4.78 is 65.9. The van der Waals surface area contributed by atoms with E-state index in [4.69, 9.17) is 9.47 Å². The van der Waals surface area contributed by atoms with Crippen molar-refractivity contribution in [2.24, 2.45) is 0 Å². The third-order valence-electron chi connectivity index (χ3n) is 6.30. The second-order valence-electron chi connectivity index (χ2n) is 8.62. The maximum Gasteiger partial charge on any atom is 0.408 e. The molecule has 0 N–H and O–H groups in total. The molecule has 1 fully saturated rings. The summed E-state index contributed by atoms with van der Waals surface area (Å²) in [5, 5.41) is 8.20. The molecule has 1 unspecified atom stereocenters. The number of nitrogens with zero attached hydrogens (tertiary/aromatic N) is 8. The van der Waals surface area contributed by atoms with Crippen LogP contribution in [0.15, 0.2) is 36.9 Å². The van der Waals surface area contributed by atoms with Gasteiger partial charge in [0.15, 0.2) is 5.65 Å². The minimum absolute atomic E-state index is 0.0565. The van der Waals surface area contributed by atoms with Crippen LogP contribution in [-0.4, -0.2) is 59.7 Å². The molecule has 0 saturated heterocycles. The number of rotatable bonds is 6. The minimum Gasteiger partial charge on any atom is -0.480 e. The first-order chi connectivity index (χ1) is 17.8. The van der Waals surface area contributed by atoms with Crippen LogP contribution in [0.4, 0.5) is 17.6 Å². The number of imidazole rings is 1. The zero-order valence-electron chi connectivity index (χ0n) is 19.4. The second-order valence-corrected chi connectivity index (χ2v) is 8.62. The number of methoxy groups -OCH3 is 2. The molecule has 190 valence electrons. The first-order valence-electron chi connectivity index (χ1n) is 11.1. The van der Waals surface area contributed by atoms with Gasteiger partial charge < -0.3 is 9.47 Å². The van der Waals surface area contributed by atoms with E-state index in [0.717, 1.165) is 26.5 Å². The third kappa shape index (κ3) is 4.07. The summed E-state index contributed by atoms with van der Waals surface area (Å²) in [5.41, 5.74) is 3.29. The third-order valence-corrected chi connectivity index (χ3v) is 6.30. The standard InChI is InChI=1S/C23H18F4N8O2/c1-36-21-15(7-30-22(32-21)37-2)16-5-14(20-29-9-19(24)35(20)33-16)13-4-12(13)11-3-18-17(28-6-11)8-31-34(18)10-23(25,26)27/h3,5-9,12-13H,4,10H2,1-2H3/t12?,13-/m1/s1. The Morgan fingerprint density at radius 3 is 2.59 bits per heavy atom. The van der Waals surface area contributed by atoms with Crippen molar-refractivity contribution in [2.75, 3.05) is 14.2 Å². The number of fused-ring (bicyclic) bond motifs is 2. The van der Waals surface area contributed by atoms with Crippen LogP contribution < -0.4 is 9.47 Å². The van der Waals surface area contributed by atoms with E-state index in [9.17, 15) is 17.6 Å². The highest BCUT2D eigenvalue weighted by atomic mass is 19.4.